The van der Waals surface area contributed by atoms with Gasteiger partial charge in [0.2, 0.25) is 0 Å². The van der Waals surface area contributed by atoms with Crippen molar-refractivity contribution < 1.29 is 9.53 Å². The van der Waals surface area contributed by atoms with Gasteiger partial charge in [0.1, 0.15) is 5.75 Å². The number of carbonyl (C=O) groups excluding carboxylic acids is 1. The zero-order chi connectivity index (χ0) is 17.8. The van der Waals surface area contributed by atoms with E-state index in [1.807, 2.05) is 42.5 Å². The molecule has 25 heavy (non-hydrogen) atoms. The van der Waals surface area contributed by atoms with Crippen molar-refractivity contribution in [2.45, 2.75) is 17.0 Å². The first kappa shape index (κ1) is 17.8. The Labute approximate surface area is 159 Å². The van der Waals surface area contributed by atoms with Crippen LogP contribution in [0.15, 0.2) is 52.9 Å². The molecule has 0 N–H and O–H groups in total. The van der Waals surface area contributed by atoms with Gasteiger partial charge in [-0.2, -0.15) is 0 Å². The Morgan fingerprint density at radius 3 is 2.72 bits per heavy atom. The first-order valence-corrected chi connectivity index (χ1v) is 9.76. The minimum Gasteiger partial charge on any atom is -0.496 e. The predicted octanol–water partition coefficient (Wildman–Crippen LogP) is 5.17. The molecule has 3 aromatic rings. The fourth-order valence-corrected chi connectivity index (χ4v) is 4.64. The number of carbonyl (C=O) groups is 1. The van der Waals surface area contributed by atoms with E-state index in [-0.39, 0.29) is 5.78 Å². The van der Waals surface area contributed by atoms with Crippen LogP contribution >= 0.6 is 35.3 Å². The molecule has 0 spiro atoms. The number of nitrogens with zero attached hydrogens (tertiary/aromatic N) is 2. The van der Waals surface area contributed by atoms with Crippen LogP contribution in [0, 0.1) is 3.95 Å². The van der Waals surface area contributed by atoms with E-state index >= 15 is 0 Å². The lowest BCUT2D eigenvalue weighted by Gasteiger charge is -2.08. The molecular weight excluding hydrogens is 372 g/mol. The van der Waals surface area contributed by atoms with Gasteiger partial charge in [-0.3, -0.25) is 4.79 Å². The van der Waals surface area contributed by atoms with Crippen LogP contribution in [0.5, 0.6) is 5.75 Å². The van der Waals surface area contributed by atoms with Crippen molar-refractivity contribution >= 4 is 41.1 Å². The molecule has 0 saturated heterocycles. The Balaban J connectivity index is 1.82. The quantitative estimate of drug-likeness (QED) is 0.331. The normalized spacial score (nSPS) is 10.6. The van der Waals surface area contributed by atoms with Crippen molar-refractivity contribution in [1.82, 2.24) is 9.78 Å². The van der Waals surface area contributed by atoms with Crippen molar-refractivity contribution in [1.29, 1.82) is 0 Å². The minimum absolute atomic E-state index is 0.0397. The summed E-state index contributed by atoms with van der Waals surface area (Å²) in [7, 11) is 1.63. The van der Waals surface area contributed by atoms with E-state index in [2.05, 4.69) is 5.10 Å². The third-order valence-electron chi connectivity index (χ3n) is 3.57. The fraction of sp³-hybridized carbons (Fsp3) is 0.167. The van der Waals surface area contributed by atoms with Gasteiger partial charge in [-0.05, 0) is 49.5 Å². The average molecular weight is 389 g/mol. The van der Waals surface area contributed by atoms with Gasteiger partial charge in [-0.25, -0.2) is 4.68 Å². The fourth-order valence-electron chi connectivity index (χ4n) is 2.30. The summed E-state index contributed by atoms with van der Waals surface area (Å²) < 4.78 is 8.75. The largest absolute Gasteiger partial charge is 0.496 e. The Kier molecular flexibility index (Phi) is 5.67. The lowest BCUT2D eigenvalue weighted by Crippen LogP contribution is -1.97. The maximum atomic E-state index is 11.6. The van der Waals surface area contributed by atoms with Crippen molar-refractivity contribution in [3.63, 3.8) is 0 Å². The number of hydrogen-bond acceptors (Lipinski definition) is 6. The van der Waals surface area contributed by atoms with Gasteiger partial charge in [0.15, 0.2) is 14.1 Å². The van der Waals surface area contributed by atoms with E-state index in [9.17, 15) is 4.79 Å². The molecule has 0 unspecified atom stereocenters. The van der Waals surface area contributed by atoms with Crippen LogP contribution in [0.25, 0.3) is 5.69 Å². The highest BCUT2D eigenvalue weighted by Gasteiger charge is 2.11. The Hall–Kier alpha value is -1.96. The van der Waals surface area contributed by atoms with Crippen molar-refractivity contribution in [3.05, 3.63) is 63.6 Å². The van der Waals surface area contributed by atoms with Gasteiger partial charge in [-0.1, -0.05) is 41.3 Å². The van der Waals surface area contributed by atoms with Gasteiger partial charge in [0.25, 0.3) is 0 Å². The highest BCUT2D eigenvalue weighted by molar-refractivity contribution is 8.00. The summed E-state index contributed by atoms with van der Waals surface area (Å²) in [4.78, 5) is 11.6. The van der Waals surface area contributed by atoms with Crippen LogP contribution in [0.2, 0.25) is 0 Å². The number of Topliss-reactive ketones (excluding diaryl/α,β-unsaturated/α-hetero) is 1. The molecule has 0 bridgehead atoms. The first-order chi connectivity index (χ1) is 12.1. The summed E-state index contributed by atoms with van der Waals surface area (Å²) in [5.74, 6) is 1.46. The summed E-state index contributed by atoms with van der Waals surface area (Å²) >= 11 is 8.48. The van der Waals surface area contributed by atoms with E-state index in [4.69, 9.17) is 17.0 Å². The molecule has 0 atom stereocenters. The predicted molar refractivity (Wildman–Crippen MR) is 105 cm³/mol. The molecule has 1 heterocycles. The molecule has 7 heteroatoms. The molecule has 128 valence electrons. The number of hydrogen-bond donors (Lipinski definition) is 0. The minimum atomic E-state index is 0.0397. The third kappa shape index (κ3) is 4.18. The molecule has 0 radical (unpaired) electrons. The molecule has 0 aliphatic rings. The molecule has 0 aliphatic heterocycles. The van der Waals surface area contributed by atoms with Gasteiger partial charge < -0.3 is 4.74 Å². The van der Waals surface area contributed by atoms with Crippen LogP contribution in [0.1, 0.15) is 22.8 Å². The summed E-state index contributed by atoms with van der Waals surface area (Å²) in [6, 6.07) is 15.3. The van der Waals surface area contributed by atoms with E-state index < -0.39 is 0 Å². The van der Waals surface area contributed by atoms with Gasteiger partial charge in [0, 0.05) is 16.9 Å². The summed E-state index contributed by atoms with van der Waals surface area (Å²) in [5.41, 5.74) is 2.60. The lowest BCUT2D eigenvalue weighted by atomic mass is 10.1. The van der Waals surface area contributed by atoms with Crippen LogP contribution in [-0.4, -0.2) is 22.7 Å². The number of benzene rings is 2. The number of ether oxygens (including phenoxy) is 1. The van der Waals surface area contributed by atoms with Gasteiger partial charge >= 0.3 is 0 Å². The highest BCUT2D eigenvalue weighted by atomic mass is 32.2. The van der Waals surface area contributed by atoms with E-state index in [1.165, 1.54) is 11.3 Å². The number of rotatable bonds is 6. The number of methoxy groups -OCH3 is 1. The van der Waals surface area contributed by atoms with Crippen molar-refractivity contribution in [2.75, 3.05) is 7.11 Å². The highest BCUT2D eigenvalue weighted by Crippen LogP contribution is 2.31. The molecule has 0 fully saturated rings. The third-order valence-corrected chi connectivity index (χ3v) is 5.98. The molecule has 2 aromatic carbocycles. The SMILES string of the molecule is COc1ccc(C(C)=O)cc1CSc1nn(-c2ccccc2)c(=S)s1. The zero-order valence-corrected chi connectivity index (χ0v) is 16.2. The average Bonchev–Trinajstić information content (AvgIpc) is 3.01. The molecular formula is C18H16N2O2S3. The van der Waals surface area contributed by atoms with Crippen LogP contribution < -0.4 is 4.74 Å². The van der Waals surface area contributed by atoms with Crippen LogP contribution in [-0.2, 0) is 5.75 Å². The molecule has 3 rings (SSSR count). The molecule has 0 amide bonds. The van der Waals surface area contributed by atoms with Crippen molar-refractivity contribution in [3.8, 4) is 11.4 Å². The first-order valence-electron chi connectivity index (χ1n) is 7.54. The summed E-state index contributed by atoms with van der Waals surface area (Å²) in [6.07, 6.45) is 0. The maximum absolute atomic E-state index is 11.6. The van der Waals surface area contributed by atoms with E-state index in [1.54, 1.807) is 36.5 Å². The second kappa shape index (κ2) is 7.95. The standard InChI is InChI=1S/C18H16N2O2S3/c1-12(21)13-8-9-16(22-2)14(10-13)11-24-17-19-20(18(23)25-17)15-6-4-3-5-7-15/h3-10H,11H2,1-2H3. The molecule has 1 aromatic heterocycles. The second-order valence-electron chi connectivity index (χ2n) is 5.25. The van der Waals surface area contributed by atoms with E-state index in [0.717, 1.165) is 21.3 Å². The van der Waals surface area contributed by atoms with E-state index in [0.29, 0.717) is 15.3 Å². The van der Waals surface area contributed by atoms with Crippen LogP contribution in [0.4, 0.5) is 0 Å². The summed E-state index contributed by atoms with van der Waals surface area (Å²) in [6.45, 7) is 1.56. The monoisotopic (exact) mass is 388 g/mol. The Morgan fingerprint density at radius 1 is 1.28 bits per heavy atom. The molecule has 0 aliphatic carbocycles. The topological polar surface area (TPSA) is 44.1 Å². The molecule has 4 nitrogen and oxygen atoms in total. The molecule has 0 saturated carbocycles. The number of thioether (sulfide) groups is 1. The number of ketones is 1. The summed E-state index contributed by atoms with van der Waals surface area (Å²) in [5, 5.41) is 4.59. The van der Waals surface area contributed by atoms with Gasteiger partial charge in [0.05, 0.1) is 12.8 Å². The maximum Gasteiger partial charge on any atom is 0.184 e. The van der Waals surface area contributed by atoms with Gasteiger partial charge in [-0.15, -0.1) is 5.10 Å². The van der Waals surface area contributed by atoms with Crippen LogP contribution in [0.3, 0.4) is 0 Å². The number of para-hydroxylation sites is 1. The smallest absolute Gasteiger partial charge is 0.184 e. The van der Waals surface area contributed by atoms with Crippen molar-refractivity contribution in [2.24, 2.45) is 0 Å². The zero-order valence-electron chi connectivity index (χ0n) is 13.8. The Bertz CT molecular complexity index is 948. The Morgan fingerprint density at radius 2 is 2.04 bits per heavy atom. The second-order valence-corrected chi connectivity index (χ2v) is 8.10. The lowest BCUT2D eigenvalue weighted by molar-refractivity contribution is 0.101. The number of aromatic nitrogens is 2.